The molecule has 2 amide bonds. The van der Waals surface area contributed by atoms with Crippen molar-refractivity contribution in [3.63, 3.8) is 0 Å². The molecule has 0 bridgehead atoms. The number of hydrogen-bond donors (Lipinski definition) is 1. The van der Waals surface area contributed by atoms with Crippen LogP contribution in [-0.4, -0.2) is 81.7 Å². The predicted octanol–water partition coefficient (Wildman–Crippen LogP) is 1.53. The largest absolute Gasteiger partial charge is 0.507 e. The van der Waals surface area contributed by atoms with E-state index in [1.54, 1.807) is 24.3 Å². The lowest BCUT2D eigenvalue weighted by atomic mass is 9.82. The summed E-state index contributed by atoms with van der Waals surface area (Å²) >= 11 is 0. The average Bonchev–Trinajstić information content (AvgIpc) is 3.22. The Morgan fingerprint density at radius 3 is 2.44 bits per heavy atom. The van der Waals surface area contributed by atoms with Gasteiger partial charge < -0.3 is 19.6 Å². The summed E-state index contributed by atoms with van der Waals surface area (Å²) in [5.74, 6) is -3.15. The van der Waals surface area contributed by atoms with E-state index < -0.39 is 44.5 Å². The normalized spacial score (nSPS) is 21.2. The van der Waals surface area contributed by atoms with Crippen molar-refractivity contribution in [3.8, 4) is 0 Å². The zero-order valence-corrected chi connectivity index (χ0v) is 21.2. The number of aliphatic hydroxyl groups is 1. The maximum absolute atomic E-state index is 13.9. The number of ether oxygens (including phenoxy) is 1. The highest BCUT2D eigenvalue weighted by atomic mass is 32.2. The van der Waals surface area contributed by atoms with Crippen molar-refractivity contribution in [1.82, 2.24) is 9.21 Å². The lowest BCUT2D eigenvalue weighted by Crippen LogP contribution is -2.51. The second-order valence-electron chi connectivity index (χ2n) is 8.76. The van der Waals surface area contributed by atoms with Crippen molar-refractivity contribution < 1.29 is 32.6 Å². The highest BCUT2D eigenvalue weighted by molar-refractivity contribution is 7.89. The van der Waals surface area contributed by atoms with Crippen LogP contribution in [0.4, 0.5) is 5.69 Å². The van der Waals surface area contributed by atoms with Gasteiger partial charge in [-0.05, 0) is 24.6 Å². The second-order valence-corrected chi connectivity index (χ2v) is 10.9. The number of aliphatic hydroxyl groups excluding tert-OH is 1. The predicted molar refractivity (Wildman–Crippen MR) is 132 cm³/mol. The number of carbonyl (C=O) groups excluding carboxylic acids is 3. The lowest BCUT2D eigenvalue weighted by Gasteiger charge is -2.34. The number of methoxy groups -OCH3 is 1. The number of likely N-dealkylation sites (N-methyl/N-ethyl adjacent to an activating group) is 1. The Bertz CT molecular complexity index is 1400. The minimum atomic E-state index is -3.85. The van der Waals surface area contributed by atoms with E-state index in [9.17, 15) is 27.9 Å². The fourth-order valence-electron chi connectivity index (χ4n) is 4.80. The molecule has 0 radical (unpaired) electrons. The lowest BCUT2D eigenvalue weighted by molar-refractivity contribution is -0.143. The Balaban J connectivity index is 2.01. The van der Waals surface area contributed by atoms with E-state index in [0.29, 0.717) is 17.7 Å². The van der Waals surface area contributed by atoms with Crippen LogP contribution >= 0.6 is 0 Å². The molecule has 190 valence electrons. The summed E-state index contributed by atoms with van der Waals surface area (Å²) in [6.07, 6.45) is 0.348. The van der Waals surface area contributed by atoms with Crippen molar-refractivity contribution >= 4 is 39.1 Å². The molecule has 1 fully saturated rings. The number of likely N-dealkylation sites (tertiary alicyclic amines) is 1. The number of amides is 2. The van der Waals surface area contributed by atoms with Crippen LogP contribution in [0.15, 0.2) is 59.0 Å². The van der Waals surface area contributed by atoms with Gasteiger partial charge in [-0.1, -0.05) is 30.3 Å². The third kappa shape index (κ3) is 3.54. The number of ketones is 1. The maximum atomic E-state index is 13.9. The Labute approximate surface area is 209 Å². The van der Waals surface area contributed by atoms with Gasteiger partial charge in [-0.2, -0.15) is 0 Å². The molecule has 1 atom stereocenters. The maximum Gasteiger partial charge on any atom is 0.296 e. The standard InChI is InChI=1S/C25H27N3O7S/c1-26(2)36(33,34)17-10-7-9-16(15-17)21(29)20-22(30)23(31)28(13-8-14-35-4)25(20)18-11-5-6-12-19(18)27(3)24(25)32/h5-7,9-12,15,29H,8,13-14H2,1-4H3. The monoisotopic (exact) mass is 513 g/mol. The van der Waals surface area contributed by atoms with Gasteiger partial charge in [0.25, 0.3) is 17.6 Å². The highest BCUT2D eigenvalue weighted by Gasteiger charge is 2.66. The van der Waals surface area contributed by atoms with E-state index in [4.69, 9.17) is 4.74 Å². The molecule has 1 spiro atoms. The first-order chi connectivity index (χ1) is 17.0. The molecule has 2 aromatic rings. The molecule has 36 heavy (non-hydrogen) atoms. The number of anilines is 1. The molecule has 0 aliphatic carbocycles. The van der Waals surface area contributed by atoms with Crippen molar-refractivity contribution in [1.29, 1.82) is 0 Å². The van der Waals surface area contributed by atoms with Gasteiger partial charge in [-0.15, -0.1) is 0 Å². The molecule has 2 aliphatic heterocycles. The van der Waals surface area contributed by atoms with Gasteiger partial charge in [0.05, 0.1) is 10.5 Å². The third-order valence-electron chi connectivity index (χ3n) is 6.56. The van der Waals surface area contributed by atoms with Crippen molar-refractivity contribution in [2.75, 3.05) is 46.3 Å². The summed E-state index contributed by atoms with van der Waals surface area (Å²) in [5, 5.41) is 11.5. The molecule has 0 saturated carbocycles. The highest BCUT2D eigenvalue weighted by Crippen LogP contribution is 2.53. The SMILES string of the molecule is COCCCN1C(=O)C(=O)C(=C(O)c2cccc(S(=O)(=O)N(C)C)c2)C12C(=O)N(C)c1ccccc12. The molecule has 1 unspecified atom stereocenters. The summed E-state index contributed by atoms with van der Waals surface area (Å²) in [7, 11) is 1.93. The van der Waals surface area contributed by atoms with Crippen molar-refractivity contribution in [3.05, 3.63) is 65.2 Å². The van der Waals surface area contributed by atoms with Crippen LogP contribution in [0.5, 0.6) is 0 Å². The third-order valence-corrected chi connectivity index (χ3v) is 8.37. The van der Waals surface area contributed by atoms with Crippen molar-refractivity contribution in [2.24, 2.45) is 0 Å². The summed E-state index contributed by atoms with van der Waals surface area (Å²) in [4.78, 5) is 43.0. The van der Waals surface area contributed by atoms with Crippen LogP contribution in [-0.2, 0) is 34.7 Å². The van der Waals surface area contributed by atoms with Gasteiger partial charge in [-0.3, -0.25) is 14.4 Å². The summed E-state index contributed by atoms with van der Waals surface area (Å²) in [6, 6.07) is 12.2. The molecule has 1 N–H and O–H groups in total. The number of fused-ring (bicyclic) bond motifs is 2. The number of carbonyl (C=O) groups is 3. The number of nitrogens with zero attached hydrogens (tertiary/aromatic N) is 3. The number of sulfonamides is 1. The zero-order chi connectivity index (χ0) is 26.4. The van der Waals surface area contributed by atoms with Gasteiger partial charge in [0.1, 0.15) is 5.76 Å². The van der Waals surface area contributed by atoms with Gasteiger partial charge in [0.15, 0.2) is 5.54 Å². The fraction of sp³-hybridized carbons (Fsp3) is 0.320. The van der Waals surface area contributed by atoms with E-state index in [1.807, 2.05) is 0 Å². The average molecular weight is 514 g/mol. The van der Waals surface area contributed by atoms with Crippen LogP contribution in [0, 0.1) is 0 Å². The first-order valence-corrected chi connectivity index (χ1v) is 12.6. The van der Waals surface area contributed by atoms with Crippen LogP contribution < -0.4 is 4.90 Å². The number of hydrogen-bond acceptors (Lipinski definition) is 7. The van der Waals surface area contributed by atoms with E-state index >= 15 is 0 Å². The molecule has 4 rings (SSSR count). The Kier molecular flexibility index (Phi) is 6.50. The van der Waals surface area contributed by atoms with E-state index in [-0.39, 0.29) is 23.6 Å². The van der Waals surface area contributed by atoms with Gasteiger partial charge in [-0.25, -0.2) is 12.7 Å². The molecule has 2 aromatic carbocycles. The van der Waals surface area contributed by atoms with Crippen LogP contribution in [0.2, 0.25) is 0 Å². The number of rotatable bonds is 7. The zero-order valence-electron chi connectivity index (χ0n) is 20.4. The topological polar surface area (TPSA) is 125 Å². The molecule has 2 aliphatic rings. The molecule has 1 saturated heterocycles. The van der Waals surface area contributed by atoms with Crippen LogP contribution in [0.3, 0.4) is 0 Å². The summed E-state index contributed by atoms with van der Waals surface area (Å²) < 4.78 is 31.5. The first kappa shape index (κ1) is 25.5. The van der Waals surface area contributed by atoms with Crippen LogP contribution in [0.1, 0.15) is 17.5 Å². The van der Waals surface area contributed by atoms with E-state index in [0.717, 1.165) is 4.31 Å². The molecule has 0 aromatic heterocycles. The molecule has 10 nitrogen and oxygen atoms in total. The second kappa shape index (κ2) is 9.16. The number of Topliss-reactive ketones (excluding diaryl/α,β-unsaturated/α-hetero) is 1. The number of benzene rings is 2. The fourth-order valence-corrected chi connectivity index (χ4v) is 5.75. The molecular weight excluding hydrogens is 486 g/mol. The summed E-state index contributed by atoms with van der Waals surface area (Å²) in [5.41, 5.74) is -1.42. The van der Waals surface area contributed by atoms with Gasteiger partial charge in [0, 0.05) is 58.2 Å². The van der Waals surface area contributed by atoms with Crippen molar-refractivity contribution in [2.45, 2.75) is 16.9 Å². The molecular formula is C25H27N3O7S. The molecule has 2 heterocycles. The van der Waals surface area contributed by atoms with E-state index in [2.05, 4.69) is 0 Å². The van der Waals surface area contributed by atoms with Crippen LogP contribution in [0.25, 0.3) is 5.76 Å². The van der Waals surface area contributed by atoms with E-state index in [1.165, 1.54) is 62.3 Å². The smallest absolute Gasteiger partial charge is 0.296 e. The minimum Gasteiger partial charge on any atom is -0.507 e. The Morgan fingerprint density at radius 1 is 1.08 bits per heavy atom. The number of para-hydroxylation sites is 1. The van der Waals surface area contributed by atoms with Gasteiger partial charge in [0.2, 0.25) is 10.0 Å². The Hall–Kier alpha value is -3.54. The minimum absolute atomic E-state index is 0.00738. The van der Waals surface area contributed by atoms with Gasteiger partial charge >= 0.3 is 0 Å². The first-order valence-electron chi connectivity index (χ1n) is 11.2. The quantitative estimate of drug-likeness (QED) is 0.258. The molecule has 11 heteroatoms. The Morgan fingerprint density at radius 2 is 1.78 bits per heavy atom. The summed E-state index contributed by atoms with van der Waals surface area (Å²) in [6.45, 7) is 0.313.